The molecular formula is C15H20N4O. The summed E-state index contributed by atoms with van der Waals surface area (Å²) < 4.78 is 0. The predicted molar refractivity (Wildman–Crippen MR) is 77.6 cm³/mol. The van der Waals surface area contributed by atoms with Crippen molar-refractivity contribution in [2.75, 3.05) is 18.0 Å². The standard InChI is InChI=1S/C15H20N4O/c1-11(20)13-3-2-4-14(18-13)19-9-5-12(6-10-19)15-16-7-8-17-15/h2-4,7-8,11-12,20H,5-6,9-10H2,1H3,(H,16,17)/t11-/m0/s1. The second kappa shape index (κ2) is 5.63. The van der Waals surface area contributed by atoms with E-state index >= 15 is 0 Å². The van der Waals surface area contributed by atoms with Crippen LogP contribution in [0.15, 0.2) is 30.6 Å². The number of rotatable bonds is 3. The summed E-state index contributed by atoms with van der Waals surface area (Å²) in [5.74, 6) is 2.57. The highest BCUT2D eigenvalue weighted by Crippen LogP contribution is 2.28. The molecule has 20 heavy (non-hydrogen) atoms. The van der Waals surface area contributed by atoms with Crippen molar-refractivity contribution in [1.29, 1.82) is 0 Å². The van der Waals surface area contributed by atoms with Crippen LogP contribution in [0.5, 0.6) is 0 Å². The number of nitrogens with one attached hydrogen (secondary N) is 1. The number of piperidine rings is 1. The Morgan fingerprint density at radius 3 is 2.80 bits per heavy atom. The van der Waals surface area contributed by atoms with Crippen molar-refractivity contribution < 1.29 is 5.11 Å². The first-order chi connectivity index (χ1) is 9.74. The molecule has 0 bridgehead atoms. The fourth-order valence-electron chi connectivity index (χ4n) is 2.73. The summed E-state index contributed by atoms with van der Waals surface area (Å²) in [6.07, 6.45) is 5.34. The Morgan fingerprint density at radius 1 is 1.35 bits per heavy atom. The molecule has 1 aliphatic rings. The number of hydrogen-bond acceptors (Lipinski definition) is 4. The largest absolute Gasteiger partial charge is 0.387 e. The normalized spacial score (nSPS) is 18.2. The van der Waals surface area contributed by atoms with Gasteiger partial charge in [0.1, 0.15) is 11.6 Å². The maximum absolute atomic E-state index is 9.62. The fourth-order valence-corrected chi connectivity index (χ4v) is 2.73. The van der Waals surface area contributed by atoms with E-state index in [1.807, 2.05) is 30.6 Å². The van der Waals surface area contributed by atoms with E-state index in [0.717, 1.165) is 43.3 Å². The monoisotopic (exact) mass is 272 g/mol. The third-order valence-electron chi connectivity index (χ3n) is 3.91. The number of aromatic nitrogens is 3. The van der Waals surface area contributed by atoms with Gasteiger partial charge in [0.2, 0.25) is 0 Å². The van der Waals surface area contributed by atoms with Gasteiger partial charge in [0.05, 0.1) is 11.8 Å². The number of aliphatic hydroxyl groups excluding tert-OH is 1. The van der Waals surface area contributed by atoms with Gasteiger partial charge >= 0.3 is 0 Å². The first-order valence-corrected chi connectivity index (χ1v) is 7.13. The van der Waals surface area contributed by atoms with E-state index < -0.39 is 6.10 Å². The number of anilines is 1. The van der Waals surface area contributed by atoms with Gasteiger partial charge in [0.25, 0.3) is 0 Å². The van der Waals surface area contributed by atoms with E-state index in [0.29, 0.717) is 5.92 Å². The van der Waals surface area contributed by atoms with E-state index in [2.05, 4.69) is 19.9 Å². The Labute approximate surface area is 118 Å². The zero-order valence-electron chi connectivity index (χ0n) is 11.7. The number of H-pyrrole nitrogens is 1. The highest BCUT2D eigenvalue weighted by atomic mass is 16.3. The van der Waals surface area contributed by atoms with Crippen LogP contribution in [-0.2, 0) is 0 Å². The van der Waals surface area contributed by atoms with Crippen LogP contribution in [0.3, 0.4) is 0 Å². The number of hydrogen-bond donors (Lipinski definition) is 2. The quantitative estimate of drug-likeness (QED) is 0.899. The van der Waals surface area contributed by atoms with E-state index in [1.54, 1.807) is 6.92 Å². The molecule has 0 amide bonds. The maximum Gasteiger partial charge on any atom is 0.128 e. The lowest BCUT2D eigenvalue weighted by atomic mass is 9.96. The zero-order valence-corrected chi connectivity index (χ0v) is 11.7. The Kier molecular flexibility index (Phi) is 3.69. The molecule has 5 heteroatoms. The van der Waals surface area contributed by atoms with Gasteiger partial charge in [-0.25, -0.2) is 9.97 Å². The summed E-state index contributed by atoms with van der Waals surface area (Å²) in [5, 5.41) is 9.62. The van der Waals surface area contributed by atoms with Crippen molar-refractivity contribution in [2.24, 2.45) is 0 Å². The third kappa shape index (κ3) is 2.67. The number of nitrogens with zero attached hydrogens (tertiary/aromatic N) is 3. The van der Waals surface area contributed by atoms with Crippen LogP contribution >= 0.6 is 0 Å². The first kappa shape index (κ1) is 13.1. The van der Waals surface area contributed by atoms with Gasteiger partial charge in [0.15, 0.2) is 0 Å². The molecule has 2 aromatic rings. The minimum atomic E-state index is -0.518. The predicted octanol–water partition coefficient (Wildman–Crippen LogP) is 2.24. The van der Waals surface area contributed by atoms with Crippen LogP contribution in [0.25, 0.3) is 0 Å². The van der Waals surface area contributed by atoms with E-state index in [9.17, 15) is 5.11 Å². The molecule has 1 aliphatic heterocycles. The molecular weight excluding hydrogens is 252 g/mol. The molecule has 1 atom stereocenters. The molecule has 0 aromatic carbocycles. The molecule has 0 aliphatic carbocycles. The summed E-state index contributed by atoms with van der Waals surface area (Å²) in [5.41, 5.74) is 0.732. The molecule has 5 nitrogen and oxygen atoms in total. The summed E-state index contributed by atoms with van der Waals surface area (Å²) in [6.45, 7) is 3.69. The lowest BCUT2D eigenvalue weighted by Gasteiger charge is -2.32. The molecule has 2 N–H and O–H groups in total. The van der Waals surface area contributed by atoms with Crippen molar-refractivity contribution >= 4 is 5.82 Å². The molecule has 0 spiro atoms. The molecule has 0 radical (unpaired) electrons. The summed E-state index contributed by atoms with van der Waals surface area (Å²) in [7, 11) is 0. The van der Waals surface area contributed by atoms with Crippen molar-refractivity contribution in [2.45, 2.75) is 31.8 Å². The van der Waals surface area contributed by atoms with Gasteiger partial charge < -0.3 is 15.0 Å². The zero-order chi connectivity index (χ0) is 13.9. The minimum Gasteiger partial charge on any atom is -0.387 e. The molecule has 1 saturated heterocycles. The molecule has 1 fully saturated rings. The minimum absolute atomic E-state index is 0.515. The van der Waals surface area contributed by atoms with Gasteiger partial charge in [-0.1, -0.05) is 6.07 Å². The third-order valence-corrected chi connectivity index (χ3v) is 3.91. The van der Waals surface area contributed by atoms with E-state index in [4.69, 9.17) is 0 Å². The number of aromatic amines is 1. The first-order valence-electron chi connectivity index (χ1n) is 7.13. The average molecular weight is 272 g/mol. The molecule has 0 saturated carbocycles. The lowest BCUT2D eigenvalue weighted by Crippen LogP contribution is -2.33. The number of pyridine rings is 1. The second-order valence-electron chi connectivity index (χ2n) is 5.33. The van der Waals surface area contributed by atoms with Crippen LogP contribution < -0.4 is 4.90 Å². The van der Waals surface area contributed by atoms with E-state index in [1.165, 1.54) is 0 Å². The van der Waals surface area contributed by atoms with Crippen molar-refractivity contribution in [3.05, 3.63) is 42.1 Å². The highest BCUT2D eigenvalue weighted by Gasteiger charge is 2.23. The van der Waals surface area contributed by atoms with Gasteiger partial charge in [-0.15, -0.1) is 0 Å². The van der Waals surface area contributed by atoms with Crippen LogP contribution in [0.4, 0.5) is 5.82 Å². The SMILES string of the molecule is C[C@H](O)c1cccc(N2CCC(c3ncc[nH]3)CC2)n1. The Hall–Kier alpha value is -1.88. The van der Waals surface area contributed by atoms with Crippen LogP contribution in [0.2, 0.25) is 0 Å². The number of imidazole rings is 1. The van der Waals surface area contributed by atoms with Gasteiger partial charge in [-0.3, -0.25) is 0 Å². The number of aliphatic hydroxyl groups is 1. The van der Waals surface area contributed by atoms with E-state index in [-0.39, 0.29) is 0 Å². The van der Waals surface area contributed by atoms with Crippen molar-refractivity contribution in [3.63, 3.8) is 0 Å². The summed E-state index contributed by atoms with van der Waals surface area (Å²) >= 11 is 0. The Bertz CT molecular complexity index is 545. The summed E-state index contributed by atoms with van der Waals surface area (Å²) in [6, 6.07) is 5.84. The highest BCUT2D eigenvalue weighted by molar-refractivity contribution is 5.40. The Morgan fingerprint density at radius 2 is 2.15 bits per heavy atom. The van der Waals surface area contributed by atoms with Crippen molar-refractivity contribution in [1.82, 2.24) is 15.0 Å². The fraction of sp³-hybridized carbons (Fsp3) is 0.467. The Balaban J connectivity index is 1.67. The van der Waals surface area contributed by atoms with Crippen LogP contribution in [0, 0.1) is 0 Å². The van der Waals surface area contributed by atoms with Gasteiger partial charge in [0, 0.05) is 31.4 Å². The molecule has 2 aromatic heterocycles. The van der Waals surface area contributed by atoms with Gasteiger partial charge in [-0.2, -0.15) is 0 Å². The maximum atomic E-state index is 9.62. The van der Waals surface area contributed by atoms with Crippen molar-refractivity contribution in [3.8, 4) is 0 Å². The molecule has 3 rings (SSSR count). The smallest absolute Gasteiger partial charge is 0.128 e. The summed E-state index contributed by atoms with van der Waals surface area (Å²) in [4.78, 5) is 14.4. The topological polar surface area (TPSA) is 65.0 Å². The van der Waals surface area contributed by atoms with Crippen LogP contribution in [0.1, 0.15) is 43.3 Å². The van der Waals surface area contributed by atoms with Gasteiger partial charge in [-0.05, 0) is 31.9 Å². The second-order valence-corrected chi connectivity index (χ2v) is 5.33. The molecule has 3 heterocycles. The van der Waals surface area contributed by atoms with Crippen LogP contribution in [-0.4, -0.2) is 33.1 Å². The average Bonchev–Trinajstić information content (AvgIpc) is 3.02. The lowest BCUT2D eigenvalue weighted by molar-refractivity contribution is 0.194. The molecule has 0 unspecified atom stereocenters. The molecule has 106 valence electrons.